The molecule has 1 N–H and O–H groups in total. The number of carbonyl (C=O) groups is 1. The fourth-order valence-corrected chi connectivity index (χ4v) is 1.20. The van der Waals surface area contributed by atoms with Gasteiger partial charge in [0, 0.05) is 12.6 Å². The number of hydrogen-bond donors (Lipinski definition) is 1. The molecule has 0 fully saturated rings. The third-order valence-corrected chi connectivity index (χ3v) is 2.10. The first-order valence-corrected chi connectivity index (χ1v) is 4.93. The second kappa shape index (κ2) is 6.89. The molecule has 0 heterocycles. The molecule has 2 atom stereocenters. The molecule has 0 saturated carbocycles. The molecule has 3 nitrogen and oxygen atoms in total. The first kappa shape index (κ1) is 12.4. The average molecular weight is 187 g/mol. The van der Waals surface area contributed by atoms with Crippen LogP contribution in [0.25, 0.3) is 0 Å². The van der Waals surface area contributed by atoms with E-state index in [2.05, 4.69) is 23.9 Å². The zero-order valence-corrected chi connectivity index (χ0v) is 9.09. The molecule has 0 aromatic rings. The lowest BCUT2D eigenvalue weighted by atomic mass is 10.1. The average Bonchev–Trinajstić information content (AvgIpc) is 2.13. The Morgan fingerprint density at radius 2 is 2.08 bits per heavy atom. The van der Waals surface area contributed by atoms with Crippen LogP contribution in [-0.4, -0.2) is 25.7 Å². The van der Waals surface area contributed by atoms with Crippen molar-refractivity contribution in [3.05, 3.63) is 0 Å². The van der Waals surface area contributed by atoms with E-state index >= 15 is 0 Å². The fourth-order valence-electron chi connectivity index (χ4n) is 1.20. The molecule has 0 spiro atoms. The summed E-state index contributed by atoms with van der Waals surface area (Å²) < 4.78 is 4.63. The molecule has 13 heavy (non-hydrogen) atoms. The summed E-state index contributed by atoms with van der Waals surface area (Å²) in [7, 11) is 1.42. The normalized spacial score (nSPS) is 15.1. The summed E-state index contributed by atoms with van der Waals surface area (Å²) in [6.07, 6.45) is 2.31. The minimum atomic E-state index is -0.142. The molecule has 0 aliphatic heterocycles. The summed E-state index contributed by atoms with van der Waals surface area (Å²) in [5.41, 5.74) is 0. The summed E-state index contributed by atoms with van der Waals surface area (Å²) in [5, 5.41) is 3.30. The summed E-state index contributed by atoms with van der Waals surface area (Å²) in [5.74, 6) is -0.194. The van der Waals surface area contributed by atoms with Crippen molar-refractivity contribution in [2.75, 3.05) is 13.7 Å². The Bertz CT molecular complexity index is 148. The molecule has 0 amide bonds. The Labute approximate surface area is 80.8 Å². The number of methoxy groups -OCH3 is 1. The van der Waals surface area contributed by atoms with Crippen LogP contribution in [0.3, 0.4) is 0 Å². The number of carbonyl (C=O) groups excluding carboxylic acids is 1. The maximum absolute atomic E-state index is 11.0. The molecular weight excluding hydrogens is 166 g/mol. The molecular formula is C10H21NO2. The summed E-state index contributed by atoms with van der Waals surface area (Å²) in [6, 6.07) is 0.483. The van der Waals surface area contributed by atoms with E-state index in [1.807, 2.05) is 6.92 Å². The number of ether oxygens (including phenoxy) is 1. The van der Waals surface area contributed by atoms with Crippen LogP contribution in [0, 0.1) is 5.92 Å². The molecule has 0 aliphatic rings. The van der Waals surface area contributed by atoms with Crippen molar-refractivity contribution >= 4 is 5.97 Å². The highest BCUT2D eigenvalue weighted by atomic mass is 16.5. The van der Waals surface area contributed by atoms with Gasteiger partial charge in [0.2, 0.25) is 0 Å². The Kier molecular flexibility index (Phi) is 6.59. The van der Waals surface area contributed by atoms with Gasteiger partial charge in [0.05, 0.1) is 13.0 Å². The van der Waals surface area contributed by atoms with Gasteiger partial charge in [-0.25, -0.2) is 0 Å². The first-order valence-electron chi connectivity index (χ1n) is 4.93. The van der Waals surface area contributed by atoms with E-state index < -0.39 is 0 Å². The van der Waals surface area contributed by atoms with E-state index in [0.717, 1.165) is 6.42 Å². The molecule has 0 rings (SSSR count). The quantitative estimate of drug-likeness (QED) is 0.641. The SMILES string of the molecule is CCCC(C)NCC(C)C(=O)OC. The van der Waals surface area contributed by atoms with Crippen LogP contribution in [0.5, 0.6) is 0 Å². The van der Waals surface area contributed by atoms with E-state index in [-0.39, 0.29) is 11.9 Å². The predicted octanol–water partition coefficient (Wildman–Crippen LogP) is 1.57. The number of rotatable bonds is 6. The lowest BCUT2D eigenvalue weighted by Crippen LogP contribution is -2.33. The Morgan fingerprint density at radius 3 is 2.54 bits per heavy atom. The summed E-state index contributed by atoms with van der Waals surface area (Å²) in [4.78, 5) is 11.0. The molecule has 0 bridgehead atoms. The Balaban J connectivity index is 3.56. The molecule has 0 aliphatic carbocycles. The monoisotopic (exact) mass is 187 g/mol. The van der Waals surface area contributed by atoms with Gasteiger partial charge < -0.3 is 10.1 Å². The highest BCUT2D eigenvalue weighted by Gasteiger charge is 2.13. The number of hydrogen-bond acceptors (Lipinski definition) is 3. The zero-order chi connectivity index (χ0) is 10.3. The lowest BCUT2D eigenvalue weighted by molar-refractivity contribution is -0.144. The number of nitrogens with one attached hydrogen (secondary N) is 1. The second-order valence-electron chi connectivity index (χ2n) is 3.52. The molecule has 3 heteroatoms. The van der Waals surface area contributed by atoms with E-state index in [9.17, 15) is 4.79 Å². The van der Waals surface area contributed by atoms with Crippen LogP contribution in [0.1, 0.15) is 33.6 Å². The van der Waals surface area contributed by atoms with Crippen LogP contribution < -0.4 is 5.32 Å². The highest BCUT2D eigenvalue weighted by molar-refractivity contribution is 5.72. The van der Waals surface area contributed by atoms with E-state index in [4.69, 9.17) is 0 Å². The fraction of sp³-hybridized carbons (Fsp3) is 0.900. The number of esters is 1. The van der Waals surface area contributed by atoms with Gasteiger partial charge in [-0.05, 0) is 13.3 Å². The zero-order valence-electron chi connectivity index (χ0n) is 9.09. The van der Waals surface area contributed by atoms with Crippen LogP contribution in [0.4, 0.5) is 0 Å². The van der Waals surface area contributed by atoms with Crippen molar-refractivity contribution in [2.45, 2.75) is 39.7 Å². The molecule has 0 aromatic heterocycles. The summed E-state index contributed by atoms with van der Waals surface area (Å²) >= 11 is 0. The van der Waals surface area contributed by atoms with Crippen molar-refractivity contribution in [3.8, 4) is 0 Å². The van der Waals surface area contributed by atoms with Crippen LogP contribution in [0.15, 0.2) is 0 Å². The van der Waals surface area contributed by atoms with Gasteiger partial charge in [-0.2, -0.15) is 0 Å². The second-order valence-corrected chi connectivity index (χ2v) is 3.52. The molecule has 78 valence electrons. The molecule has 0 saturated heterocycles. The third-order valence-electron chi connectivity index (χ3n) is 2.10. The largest absolute Gasteiger partial charge is 0.469 e. The van der Waals surface area contributed by atoms with Gasteiger partial charge in [0.15, 0.2) is 0 Å². The topological polar surface area (TPSA) is 38.3 Å². The Morgan fingerprint density at radius 1 is 1.46 bits per heavy atom. The van der Waals surface area contributed by atoms with Crippen molar-refractivity contribution in [1.82, 2.24) is 5.32 Å². The maximum Gasteiger partial charge on any atom is 0.309 e. The van der Waals surface area contributed by atoms with E-state index in [1.54, 1.807) is 0 Å². The minimum Gasteiger partial charge on any atom is -0.469 e. The van der Waals surface area contributed by atoms with Crippen LogP contribution in [0.2, 0.25) is 0 Å². The van der Waals surface area contributed by atoms with Crippen molar-refractivity contribution < 1.29 is 9.53 Å². The minimum absolute atomic E-state index is 0.0516. The summed E-state index contributed by atoms with van der Waals surface area (Å²) in [6.45, 7) is 6.86. The highest BCUT2D eigenvalue weighted by Crippen LogP contribution is 1.99. The van der Waals surface area contributed by atoms with Crippen molar-refractivity contribution in [2.24, 2.45) is 5.92 Å². The van der Waals surface area contributed by atoms with Gasteiger partial charge in [-0.1, -0.05) is 20.3 Å². The van der Waals surface area contributed by atoms with E-state index in [0.29, 0.717) is 12.6 Å². The van der Waals surface area contributed by atoms with E-state index in [1.165, 1.54) is 13.5 Å². The van der Waals surface area contributed by atoms with Crippen molar-refractivity contribution in [1.29, 1.82) is 0 Å². The smallest absolute Gasteiger partial charge is 0.309 e. The standard InChI is InChI=1S/C10H21NO2/c1-5-6-9(3)11-7-8(2)10(12)13-4/h8-9,11H,5-7H2,1-4H3. The van der Waals surface area contributed by atoms with Crippen LogP contribution >= 0.6 is 0 Å². The van der Waals surface area contributed by atoms with Crippen molar-refractivity contribution in [3.63, 3.8) is 0 Å². The molecule has 0 aromatic carbocycles. The lowest BCUT2D eigenvalue weighted by Gasteiger charge is -2.15. The third kappa shape index (κ3) is 5.64. The van der Waals surface area contributed by atoms with Gasteiger partial charge >= 0.3 is 5.97 Å². The van der Waals surface area contributed by atoms with Gasteiger partial charge in [0.25, 0.3) is 0 Å². The Hall–Kier alpha value is -0.570. The van der Waals surface area contributed by atoms with Gasteiger partial charge in [-0.3, -0.25) is 4.79 Å². The first-order chi connectivity index (χ1) is 6.11. The van der Waals surface area contributed by atoms with Crippen LogP contribution in [-0.2, 0) is 9.53 Å². The van der Waals surface area contributed by atoms with Gasteiger partial charge in [-0.15, -0.1) is 0 Å². The predicted molar refractivity (Wildman–Crippen MR) is 53.6 cm³/mol. The van der Waals surface area contributed by atoms with Gasteiger partial charge in [0.1, 0.15) is 0 Å². The molecule has 0 radical (unpaired) electrons. The maximum atomic E-state index is 11.0. The molecule has 2 unspecified atom stereocenters.